The first-order valence-electron chi connectivity index (χ1n) is 9.02. The fourth-order valence-electron chi connectivity index (χ4n) is 3.55. The highest BCUT2D eigenvalue weighted by Gasteiger charge is 2.36. The Balaban J connectivity index is 1.97. The molecule has 7 heteroatoms. The van der Waals surface area contributed by atoms with Crippen molar-refractivity contribution in [3.8, 4) is 34.7 Å². The predicted octanol–water partition coefficient (Wildman–Crippen LogP) is 3.62. The van der Waals surface area contributed by atoms with Gasteiger partial charge in [-0.05, 0) is 30.7 Å². The van der Waals surface area contributed by atoms with Crippen molar-refractivity contribution in [3.05, 3.63) is 70.6 Å². The van der Waals surface area contributed by atoms with Gasteiger partial charge in [0.2, 0.25) is 11.8 Å². The van der Waals surface area contributed by atoms with Crippen molar-refractivity contribution in [1.29, 1.82) is 5.26 Å². The number of nitrogens with two attached hydrogens (primary N) is 1. The molecule has 0 bridgehead atoms. The van der Waals surface area contributed by atoms with Gasteiger partial charge in [-0.1, -0.05) is 29.8 Å². The summed E-state index contributed by atoms with van der Waals surface area (Å²) in [5.74, 6) is 1.28. The largest absolute Gasteiger partial charge is 0.497 e. The minimum atomic E-state index is -0.422. The van der Waals surface area contributed by atoms with Crippen LogP contribution in [0.25, 0.3) is 11.3 Å². The molecular formula is C22H20N4O3. The molecule has 0 fully saturated rings. The van der Waals surface area contributed by atoms with E-state index in [0.29, 0.717) is 28.6 Å². The molecule has 3 aromatic rings. The van der Waals surface area contributed by atoms with Gasteiger partial charge < -0.3 is 19.9 Å². The monoisotopic (exact) mass is 388 g/mol. The van der Waals surface area contributed by atoms with Crippen LogP contribution in [0.3, 0.4) is 0 Å². The smallest absolute Gasteiger partial charge is 0.244 e. The zero-order chi connectivity index (χ0) is 20.5. The summed E-state index contributed by atoms with van der Waals surface area (Å²) in [5, 5.41) is 17.2. The van der Waals surface area contributed by atoms with E-state index in [1.807, 2.05) is 49.4 Å². The van der Waals surface area contributed by atoms with Crippen LogP contribution in [0.1, 0.15) is 22.6 Å². The Kier molecular flexibility index (Phi) is 4.61. The normalized spacial score (nSPS) is 15.3. The minimum Gasteiger partial charge on any atom is -0.497 e. The van der Waals surface area contributed by atoms with E-state index in [0.717, 1.165) is 22.3 Å². The molecule has 7 nitrogen and oxygen atoms in total. The van der Waals surface area contributed by atoms with E-state index in [-0.39, 0.29) is 5.88 Å². The van der Waals surface area contributed by atoms with Gasteiger partial charge in [0.25, 0.3) is 0 Å². The van der Waals surface area contributed by atoms with Crippen molar-refractivity contribution in [2.45, 2.75) is 12.8 Å². The predicted molar refractivity (Wildman–Crippen MR) is 108 cm³/mol. The standard InChI is InChI=1S/C22H20N4O3/c1-12-4-6-13(7-5-12)18-16(11-23)21(24)29-22-19(18)20(25-26-22)15-10-14(27-2)8-9-17(15)28-3/h4-10,18H,24H2,1-3H3,(H,25,26)/t18-/m0/s1. The number of aryl methyl sites for hydroxylation is 1. The molecule has 146 valence electrons. The molecule has 2 heterocycles. The van der Waals surface area contributed by atoms with Gasteiger partial charge in [-0.3, -0.25) is 5.10 Å². The molecule has 29 heavy (non-hydrogen) atoms. The summed E-state index contributed by atoms with van der Waals surface area (Å²) < 4.78 is 16.6. The van der Waals surface area contributed by atoms with Gasteiger partial charge in [0, 0.05) is 5.56 Å². The third kappa shape index (κ3) is 3.05. The fraction of sp³-hybridized carbons (Fsp3) is 0.182. The molecule has 4 rings (SSSR count). The quantitative estimate of drug-likeness (QED) is 0.707. The number of nitrogens with zero attached hydrogens (tertiary/aromatic N) is 2. The SMILES string of the molecule is COc1ccc(OC)c(-c2[nH]nc3c2[C@@H](c2ccc(C)cc2)C(C#N)=C(N)O3)c1. The summed E-state index contributed by atoms with van der Waals surface area (Å²) in [6.45, 7) is 2.01. The first-order chi connectivity index (χ1) is 14.1. The second-order valence-electron chi connectivity index (χ2n) is 6.72. The van der Waals surface area contributed by atoms with Crippen LogP contribution in [0.15, 0.2) is 53.9 Å². The summed E-state index contributed by atoms with van der Waals surface area (Å²) in [5.41, 5.74) is 10.6. The lowest BCUT2D eigenvalue weighted by atomic mass is 9.82. The second-order valence-corrected chi connectivity index (χ2v) is 6.72. The molecule has 0 unspecified atom stereocenters. The van der Waals surface area contributed by atoms with Gasteiger partial charge in [-0.2, -0.15) is 5.26 Å². The van der Waals surface area contributed by atoms with Crippen LogP contribution in [0.2, 0.25) is 0 Å². The molecule has 0 saturated carbocycles. The van der Waals surface area contributed by atoms with Crippen molar-refractivity contribution in [2.24, 2.45) is 5.73 Å². The lowest BCUT2D eigenvalue weighted by Crippen LogP contribution is -2.21. The Morgan fingerprint density at radius 3 is 2.55 bits per heavy atom. The summed E-state index contributed by atoms with van der Waals surface area (Å²) in [4.78, 5) is 0. The number of methoxy groups -OCH3 is 2. The van der Waals surface area contributed by atoms with E-state index in [1.165, 1.54) is 0 Å². The molecule has 1 aliphatic heterocycles. The summed E-state index contributed by atoms with van der Waals surface area (Å²) >= 11 is 0. The van der Waals surface area contributed by atoms with Gasteiger partial charge >= 0.3 is 0 Å². The molecule has 0 radical (unpaired) electrons. The molecule has 0 saturated heterocycles. The van der Waals surface area contributed by atoms with Crippen LogP contribution >= 0.6 is 0 Å². The molecular weight excluding hydrogens is 368 g/mol. The highest BCUT2D eigenvalue weighted by Crippen LogP contribution is 2.47. The average molecular weight is 388 g/mol. The van der Waals surface area contributed by atoms with Crippen molar-refractivity contribution in [2.75, 3.05) is 14.2 Å². The van der Waals surface area contributed by atoms with E-state index in [1.54, 1.807) is 14.2 Å². The number of H-pyrrole nitrogens is 1. The van der Waals surface area contributed by atoms with Gasteiger partial charge in [-0.25, -0.2) is 0 Å². The molecule has 0 aliphatic carbocycles. The number of rotatable bonds is 4. The van der Waals surface area contributed by atoms with E-state index in [9.17, 15) is 5.26 Å². The number of allylic oxidation sites excluding steroid dienone is 1. The third-order valence-corrected chi connectivity index (χ3v) is 5.03. The Morgan fingerprint density at radius 2 is 1.90 bits per heavy atom. The molecule has 1 aliphatic rings. The average Bonchev–Trinajstić information content (AvgIpc) is 3.16. The zero-order valence-corrected chi connectivity index (χ0v) is 16.3. The number of ether oxygens (including phenoxy) is 3. The maximum atomic E-state index is 9.81. The van der Waals surface area contributed by atoms with Crippen LogP contribution in [0.5, 0.6) is 17.4 Å². The van der Waals surface area contributed by atoms with Crippen molar-refractivity contribution in [1.82, 2.24) is 10.2 Å². The topological polar surface area (TPSA) is 106 Å². The maximum absolute atomic E-state index is 9.81. The van der Waals surface area contributed by atoms with Gasteiger partial charge in [0.1, 0.15) is 23.1 Å². The van der Waals surface area contributed by atoms with Crippen LogP contribution in [0.4, 0.5) is 0 Å². The number of nitrogens with one attached hydrogen (secondary N) is 1. The summed E-state index contributed by atoms with van der Waals surface area (Å²) in [7, 11) is 3.20. The lowest BCUT2D eigenvalue weighted by Gasteiger charge is -2.24. The Morgan fingerprint density at radius 1 is 1.14 bits per heavy atom. The van der Waals surface area contributed by atoms with Crippen LogP contribution in [-0.4, -0.2) is 24.4 Å². The molecule has 0 spiro atoms. The van der Waals surface area contributed by atoms with Gasteiger partial charge in [0.05, 0.1) is 31.4 Å². The molecule has 0 amide bonds. The van der Waals surface area contributed by atoms with Crippen LogP contribution in [0, 0.1) is 18.3 Å². The summed E-state index contributed by atoms with van der Waals surface area (Å²) in [6.07, 6.45) is 0. The summed E-state index contributed by atoms with van der Waals surface area (Å²) in [6, 6.07) is 15.7. The third-order valence-electron chi connectivity index (χ3n) is 5.03. The molecule has 1 aromatic heterocycles. The first kappa shape index (κ1) is 18.4. The highest BCUT2D eigenvalue weighted by atomic mass is 16.5. The number of hydrogen-bond donors (Lipinski definition) is 2. The minimum absolute atomic E-state index is 0.0567. The van der Waals surface area contributed by atoms with Crippen molar-refractivity contribution in [3.63, 3.8) is 0 Å². The maximum Gasteiger partial charge on any atom is 0.244 e. The van der Waals surface area contributed by atoms with Crippen LogP contribution < -0.4 is 19.9 Å². The van der Waals surface area contributed by atoms with E-state index >= 15 is 0 Å². The van der Waals surface area contributed by atoms with Crippen molar-refractivity contribution >= 4 is 0 Å². The number of hydrogen-bond acceptors (Lipinski definition) is 6. The molecule has 1 atom stereocenters. The number of aromatic amines is 1. The Hall–Kier alpha value is -3.92. The number of nitriles is 1. The first-order valence-corrected chi connectivity index (χ1v) is 9.02. The van der Waals surface area contributed by atoms with Gasteiger partial charge in [0.15, 0.2) is 0 Å². The second kappa shape index (κ2) is 7.24. The van der Waals surface area contributed by atoms with E-state index < -0.39 is 5.92 Å². The molecule has 2 aromatic carbocycles. The van der Waals surface area contributed by atoms with E-state index in [4.69, 9.17) is 19.9 Å². The zero-order valence-electron chi connectivity index (χ0n) is 16.3. The Labute approximate surface area is 168 Å². The van der Waals surface area contributed by atoms with E-state index in [2.05, 4.69) is 16.3 Å². The Bertz CT molecular complexity index is 1140. The molecule has 3 N–H and O–H groups in total. The lowest BCUT2D eigenvalue weighted by molar-refractivity contribution is 0.379. The number of fused-ring (bicyclic) bond motifs is 1. The number of aromatic nitrogens is 2. The van der Waals surface area contributed by atoms with Crippen LogP contribution in [-0.2, 0) is 0 Å². The van der Waals surface area contributed by atoms with Crippen molar-refractivity contribution < 1.29 is 14.2 Å². The fourth-order valence-corrected chi connectivity index (χ4v) is 3.55. The van der Waals surface area contributed by atoms with Gasteiger partial charge in [-0.15, -0.1) is 5.10 Å². The number of benzene rings is 2. The highest BCUT2D eigenvalue weighted by molar-refractivity contribution is 5.76.